The molecule has 0 unspecified atom stereocenters. The van der Waals surface area contributed by atoms with Crippen LogP contribution >= 0.6 is 0 Å². The number of anilines is 1. The van der Waals surface area contributed by atoms with E-state index in [0.717, 1.165) is 12.8 Å². The van der Waals surface area contributed by atoms with Gasteiger partial charge in [0.15, 0.2) is 0 Å². The Morgan fingerprint density at radius 1 is 1.07 bits per heavy atom. The minimum Gasteiger partial charge on any atom is -0.508 e. The Labute approximate surface area is 84.2 Å². The molecule has 3 heteroatoms. The van der Waals surface area contributed by atoms with E-state index < -0.39 is 0 Å². The molecule has 2 rings (SSSR count). The van der Waals surface area contributed by atoms with Crippen molar-refractivity contribution in [1.29, 1.82) is 0 Å². The van der Waals surface area contributed by atoms with E-state index in [4.69, 9.17) is 15.9 Å². The van der Waals surface area contributed by atoms with Crippen LogP contribution < -0.4 is 5.73 Å². The van der Waals surface area contributed by atoms with Crippen LogP contribution in [-0.2, 0) is 0 Å². The Morgan fingerprint density at radius 2 is 1.57 bits per heavy atom. The maximum atomic E-state index is 8.73. The van der Waals surface area contributed by atoms with Crippen molar-refractivity contribution in [2.24, 2.45) is 0 Å². The lowest BCUT2D eigenvalue weighted by molar-refractivity contribution is 0.183. The van der Waals surface area contributed by atoms with Crippen LogP contribution in [0, 0.1) is 0 Å². The molecule has 1 aliphatic rings. The number of hydrogen-bond donors (Lipinski definition) is 3. The van der Waals surface area contributed by atoms with Crippen molar-refractivity contribution in [3.63, 3.8) is 0 Å². The van der Waals surface area contributed by atoms with Crippen molar-refractivity contribution in [2.75, 3.05) is 5.73 Å². The first-order chi connectivity index (χ1) is 6.68. The second-order valence-electron chi connectivity index (χ2n) is 3.53. The summed E-state index contributed by atoms with van der Waals surface area (Å²) in [6, 6.07) is 6.40. The molecule has 0 spiro atoms. The minimum absolute atomic E-state index is 0.0463. The number of nitrogen functional groups attached to an aromatic ring is 1. The standard InChI is InChI=1S/C6H7NO.C5H10O/c7-5-1-3-6(8)4-2-5;6-5-3-1-2-4-5/h1-4,8H,7H2;5-6H,1-4H2. The van der Waals surface area contributed by atoms with Crippen LogP contribution in [0.5, 0.6) is 5.75 Å². The van der Waals surface area contributed by atoms with E-state index in [9.17, 15) is 0 Å². The molecule has 0 heterocycles. The normalized spacial score (nSPS) is 16.1. The predicted octanol–water partition coefficient (Wildman–Crippen LogP) is 1.90. The number of phenolic OH excluding ortho intramolecular Hbond substituents is 1. The van der Waals surface area contributed by atoms with Gasteiger partial charge in [0, 0.05) is 5.69 Å². The second-order valence-corrected chi connectivity index (χ2v) is 3.53. The van der Waals surface area contributed by atoms with Crippen molar-refractivity contribution in [3.8, 4) is 5.75 Å². The molecule has 0 aromatic heterocycles. The maximum Gasteiger partial charge on any atom is 0.115 e. The van der Waals surface area contributed by atoms with Crippen molar-refractivity contribution in [3.05, 3.63) is 24.3 Å². The molecule has 0 saturated heterocycles. The molecular weight excluding hydrogens is 178 g/mol. The van der Waals surface area contributed by atoms with Gasteiger partial charge in [0.25, 0.3) is 0 Å². The van der Waals surface area contributed by atoms with E-state index in [1.54, 1.807) is 24.3 Å². The van der Waals surface area contributed by atoms with Gasteiger partial charge in [-0.3, -0.25) is 0 Å². The van der Waals surface area contributed by atoms with Gasteiger partial charge in [-0.2, -0.15) is 0 Å². The monoisotopic (exact) mass is 195 g/mol. The molecule has 1 saturated carbocycles. The van der Waals surface area contributed by atoms with Gasteiger partial charge in [-0.15, -0.1) is 0 Å². The summed E-state index contributed by atoms with van der Waals surface area (Å²) in [5.74, 6) is 0.249. The SMILES string of the molecule is Nc1ccc(O)cc1.OC1CCCC1. The largest absolute Gasteiger partial charge is 0.508 e. The van der Waals surface area contributed by atoms with E-state index in [-0.39, 0.29) is 11.9 Å². The fourth-order valence-corrected chi connectivity index (χ4v) is 1.38. The molecule has 1 fully saturated rings. The second kappa shape index (κ2) is 5.50. The summed E-state index contributed by atoms with van der Waals surface area (Å²) in [7, 11) is 0. The highest BCUT2D eigenvalue weighted by Gasteiger charge is 2.09. The average Bonchev–Trinajstić information content (AvgIpc) is 2.63. The Hall–Kier alpha value is -1.22. The number of aliphatic hydroxyl groups is 1. The third kappa shape index (κ3) is 4.14. The van der Waals surface area contributed by atoms with Crippen molar-refractivity contribution in [2.45, 2.75) is 31.8 Å². The fraction of sp³-hybridized carbons (Fsp3) is 0.455. The van der Waals surface area contributed by atoms with Crippen LogP contribution in [0.25, 0.3) is 0 Å². The van der Waals surface area contributed by atoms with Crippen LogP contribution in [-0.4, -0.2) is 16.3 Å². The van der Waals surface area contributed by atoms with Gasteiger partial charge in [-0.25, -0.2) is 0 Å². The Morgan fingerprint density at radius 3 is 1.86 bits per heavy atom. The Balaban J connectivity index is 0.000000146. The van der Waals surface area contributed by atoms with Gasteiger partial charge >= 0.3 is 0 Å². The average molecular weight is 195 g/mol. The lowest BCUT2D eigenvalue weighted by atomic mass is 10.3. The third-order valence-electron chi connectivity index (χ3n) is 2.22. The van der Waals surface area contributed by atoms with Crippen LogP contribution in [0.1, 0.15) is 25.7 Å². The molecule has 4 N–H and O–H groups in total. The van der Waals surface area contributed by atoms with Gasteiger partial charge in [-0.05, 0) is 37.1 Å². The Bertz CT molecular complexity index is 231. The lowest BCUT2D eigenvalue weighted by Crippen LogP contribution is -1.94. The summed E-state index contributed by atoms with van der Waals surface area (Å²) < 4.78 is 0. The molecule has 78 valence electrons. The molecule has 0 radical (unpaired) electrons. The predicted molar refractivity (Wildman–Crippen MR) is 57.0 cm³/mol. The first-order valence-corrected chi connectivity index (χ1v) is 4.91. The molecule has 0 atom stereocenters. The van der Waals surface area contributed by atoms with E-state index in [1.165, 1.54) is 12.8 Å². The highest BCUT2D eigenvalue weighted by Crippen LogP contribution is 2.16. The van der Waals surface area contributed by atoms with E-state index in [0.29, 0.717) is 5.69 Å². The van der Waals surface area contributed by atoms with Crippen LogP contribution in [0.2, 0.25) is 0 Å². The Kier molecular flexibility index (Phi) is 4.26. The zero-order chi connectivity index (χ0) is 10.4. The maximum absolute atomic E-state index is 8.73. The summed E-state index contributed by atoms with van der Waals surface area (Å²) in [5.41, 5.74) is 5.98. The molecule has 0 aliphatic heterocycles. The molecule has 1 aromatic rings. The molecule has 1 aliphatic carbocycles. The van der Waals surface area contributed by atoms with Crippen molar-refractivity contribution >= 4 is 5.69 Å². The quantitative estimate of drug-likeness (QED) is 0.437. The summed E-state index contributed by atoms with van der Waals surface area (Å²) in [6.07, 6.45) is 4.60. The van der Waals surface area contributed by atoms with Gasteiger partial charge in [0.05, 0.1) is 6.10 Å². The number of hydrogen-bond acceptors (Lipinski definition) is 3. The summed E-state index contributed by atoms with van der Waals surface area (Å²) in [6.45, 7) is 0. The zero-order valence-electron chi connectivity index (χ0n) is 8.19. The highest BCUT2D eigenvalue weighted by atomic mass is 16.3. The zero-order valence-corrected chi connectivity index (χ0v) is 8.19. The van der Waals surface area contributed by atoms with Crippen molar-refractivity contribution in [1.82, 2.24) is 0 Å². The van der Waals surface area contributed by atoms with Gasteiger partial charge in [-0.1, -0.05) is 12.8 Å². The van der Waals surface area contributed by atoms with Gasteiger partial charge < -0.3 is 15.9 Å². The first kappa shape index (κ1) is 10.9. The molecule has 14 heavy (non-hydrogen) atoms. The number of benzene rings is 1. The van der Waals surface area contributed by atoms with Crippen molar-refractivity contribution < 1.29 is 10.2 Å². The molecule has 0 amide bonds. The number of aliphatic hydroxyl groups excluding tert-OH is 1. The third-order valence-corrected chi connectivity index (χ3v) is 2.22. The molecule has 3 nitrogen and oxygen atoms in total. The summed E-state index contributed by atoms with van der Waals surface area (Å²) in [5, 5.41) is 17.4. The highest BCUT2D eigenvalue weighted by molar-refractivity contribution is 5.40. The van der Waals surface area contributed by atoms with Crippen LogP contribution in [0.4, 0.5) is 5.69 Å². The minimum atomic E-state index is 0.0463. The molecular formula is C11H17NO2. The van der Waals surface area contributed by atoms with Gasteiger partial charge in [0.2, 0.25) is 0 Å². The molecule has 1 aromatic carbocycles. The summed E-state index contributed by atoms with van der Waals surface area (Å²) in [4.78, 5) is 0. The number of rotatable bonds is 0. The number of aromatic hydroxyl groups is 1. The van der Waals surface area contributed by atoms with E-state index in [1.807, 2.05) is 0 Å². The summed E-state index contributed by atoms with van der Waals surface area (Å²) >= 11 is 0. The first-order valence-electron chi connectivity index (χ1n) is 4.91. The van der Waals surface area contributed by atoms with E-state index in [2.05, 4.69) is 0 Å². The number of phenols is 1. The van der Waals surface area contributed by atoms with Crippen LogP contribution in [0.15, 0.2) is 24.3 Å². The molecule has 0 bridgehead atoms. The smallest absolute Gasteiger partial charge is 0.115 e. The topological polar surface area (TPSA) is 66.5 Å². The van der Waals surface area contributed by atoms with E-state index >= 15 is 0 Å². The van der Waals surface area contributed by atoms with Crippen LogP contribution in [0.3, 0.4) is 0 Å². The van der Waals surface area contributed by atoms with Gasteiger partial charge in [0.1, 0.15) is 5.75 Å². The lowest BCUT2D eigenvalue weighted by Gasteiger charge is -1.91. The fourth-order valence-electron chi connectivity index (χ4n) is 1.38. The number of nitrogens with two attached hydrogens (primary N) is 1.